The first kappa shape index (κ1) is 12.0. The Hall–Kier alpha value is -1.08. The van der Waals surface area contributed by atoms with Crippen molar-refractivity contribution in [1.82, 2.24) is 14.8 Å². The second-order valence-corrected chi connectivity index (χ2v) is 4.40. The molecule has 1 heterocycles. The van der Waals surface area contributed by atoms with E-state index in [-0.39, 0.29) is 5.75 Å². The SMILES string of the molecule is Cc1nnc(SCC(C)(O)C(=O)O)n1C. The highest BCUT2D eigenvalue weighted by atomic mass is 32.2. The molecule has 15 heavy (non-hydrogen) atoms. The quantitative estimate of drug-likeness (QED) is 0.712. The Morgan fingerprint density at radius 3 is 2.60 bits per heavy atom. The van der Waals surface area contributed by atoms with Crippen molar-refractivity contribution < 1.29 is 15.0 Å². The van der Waals surface area contributed by atoms with Crippen LogP contribution in [0.3, 0.4) is 0 Å². The van der Waals surface area contributed by atoms with Gasteiger partial charge in [0.1, 0.15) is 5.82 Å². The first-order chi connectivity index (χ1) is 6.84. The summed E-state index contributed by atoms with van der Waals surface area (Å²) in [6.45, 7) is 3.05. The molecule has 1 aromatic rings. The number of carboxylic acid groups (broad SMARTS) is 1. The van der Waals surface area contributed by atoms with E-state index in [9.17, 15) is 9.90 Å². The van der Waals surface area contributed by atoms with Crippen LogP contribution in [-0.4, -0.2) is 42.3 Å². The van der Waals surface area contributed by atoms with Crippen molar-refractivity contribution in [3.8, 4) is 0 Å². The molecule has 1 rings (SSSR count). The van der Waals surface area contributed by atoms with Crippen molar-refractivity contribution in [1.29, 1.82) is 0 Å². The van der Waals surface area contributed by atoms with E-state index in [1.54, 1.807) is 18.5 Å². The summed E-state index contributed by atoms with van der Waals surface area (Å²) in [5, 5.41) is 26.4. The van der Waals surface area contributed by atoms with Gasteiger partial charge in [0.05, 0.1) is 0 Å². The average molecular weight is 231 g/mol. The van der Waals surface area contributed by atoms with E-state index in [1.807, 2.05) is 0 Å². The standard InChI is InChI=1S/C8H13N3O3S/c1-5-9-10-7(11(5)3)15-4-8(2,14)6(12)13/h14H,4H2,1-3H3,(H,12,13). The fraction of sp³-hybridized carbons (Fsp3) is 0.625. The van der Waals surface area contributed by atoms with Crippen LogP contribution in [0.1, 0.15) is 12.7 Å². The Kier molecular flexibility index (Phi) is 3.35. The average Bonchev–Trinajstić information content (AvgIpc) is 2.45. The Morgan fingerprint density at radius 1 is 1.60 bits per heavy atom. The molecule has 0 aromatic carbocycles. The molecular formula is C8H13N3O3S. The Bertz CT molecular complexity index is 375. The molecule has 0 saturated carbocycles. The van der Waals surface area contributed by atoms with Gasteiger partial charge in [-0.2, -0.15) is 0 Å². The lowest BCUT2D eigenvalue weighted by molar-refractivity contribution is -0.154. The summed E-state index contributed by atoms with van der Waals surface area (Å²) < 4.78 is 1.74. The van der Waals surface area contributed by atoms with E-state index in [0.29, 0.717) is 5.16 Å². The summed E-state index contributed by atoms with van der Waals surface area (Å²) >= 11 is 1.16. The van der Waals surface area contributed by atoms with Crippen molar-refractivity contribution in [2.75, 3.05) is 5.75 Å². The van der Waals surface area contributed by atoms with Gasteiger partial charge >= 0.3 is 5.97 Å². The maximum Gasteiger partial charge on any atom is 0.336 e. The number of hydrogen-bond donors (Lipinski definition) is 2. The fourth-order valence-electron chi connectivity index (χ4n) is 0.780. The molecule has 2 N–H and O–H groups in total. The van der Waals surface area contributed by atoms with Gasteiger partial charge < -0.3 is 14.8 Å². The van der Waals surface area contributed by atoms with Gasteiger partial charge in [0.2, 0.25) is 0 Å². The van der Waals surface area contributed by atoms with Gasteiger partial charge in [-0.1, -0.05) is 11.8 Å². The normalized spacial score (nSPS) is 14.9. The summed E-state index contributed by atoms with van der Waals surface area (Å²) in [6.07, 6.45) is 0. The highest BCUT2D eigenvalue weighted by molar-refractivity contribution is 7.99. The zero-order chi connectivity index (χ0) is 11.6. The molecule has 1 aromatic heterocycles. The summed E-state index contributed by atoms with van der Waals surface area (Å²) in [5.41, 5.74) is -1.75. The van der Waals surface area contributed by atoms with Crippen molar-refractivity contribution in [3.05, 3.63) is 5.82 Å². The van der Waals surface area contributed by atoms with Crippen LogP contribution in [-0.2, 0) is 11.8 Å². The molecule has 0 aliphatic carbocycles. The molecule has 7 heteroatoms. The topological polar surface area (TPSA) is 88.2 Å². The summed E-state index contributed by atoms with van der Waals surface area (Å²) in [6, 6.07) is 0. The number of aryl methyl sites for hydroxylation is 1. The van der Waals surface area contributed by atoms with E-state index < -0.39 is 11.6 Å². The third-order valence-electron chi connectivity index (χ3n) is 2.00. The molecular weight excluding hydrogens is 218 g/mol. The van der Waals surface area contributed by atoms with Gasteiger partial charge in [-0.05, 0) is 13.8 Å². The maximum absolute atomic E-state index is 10.6. The smallest absolute Gasteiger partial charge is 0.336 e. The van der Waals surface area contributed by atoms with Crippen LogP contribution < -0.4 is 0 Å². The zero-order valence-electron chi connectivity index (χ0n) is 8.76. The molecule has 0 amide bonds. The van der Waals surface area contributed by atoms with Crippen LogP contribution in [0.2, 0.25) is 0 Å². The van der Waals surface area contributed by atoms with Gasteiger partial charge in [0, 0.05) is 12.8 Å². The van der Waals surface area contributed by atoms with Crippen molar-refractivity contribution in [2.45, 2.75) is 24.6 Å². The Balaban J connectivity index is 2.65. The number of aliphatic carboxylic acids is 1. The summed E-state index contributed by atoms with van der Waals surface area (Å²) in [5.74, 6) is -0.463. The lowest BCUT2D eigenvalue weighted by atomic mass is 10.1. The van der Waals surface area contributed by atoms with E-state index >= 15 is 0 Å². The minimum atomic E-state index is -1.75. The van der Waals surface area contributed by atoms with Crippen LogP contribution in [0, 0.1) is 6.92 Å². The maximum atomic E-state index is 10.6. The number of carboxylic acids is 1. The fourth-order valence-corrected chi connectivity index (χ4v) is 1.74. The van der Waals surface area contributed by atoms with Crippen LogP contribution in [0.4, 0.5) is 0 Å². The monoisotopic (exact) mass is 231 g/mol. The summed E-state index contributed by atoms with van der Waals surface area (Å²) in [4.78, 5) is 10.6. The van der Waals surface area contributed by atoms with Crippen molar-refractivity contribution in [2.24, 2.45) is 7.05 Å². The lowest BCUT2D eigenvalue weighted by Crippen LogP contribution is -2.37. The van der Waals surface area contributed by atoms with Gasteiger partial charge in [0.15, 0.2) is 10.8 Å². The first-order valence-corrected chi connectivity index (χ1v) is 5.27. The molecule has 0 saturated heterocycles. The highest BCUT2D eigenvalue weighted by Crippen LogP contribution is 2.20. The van der Waals surface area contributed by atoms with Gasteiger partial charge in [-0.25, -0.2) is 4.79 Å². The molecule has 84 valence electrons. The number of nitrogens with zero attached hydrogens (tertiary/aromatic N) is 3. The molecule has 0 radical (unpaired) electrons. The molecule has 0 aliphatic heterocycles. The molecule has 0 fully saturated rings. The second kappa shape index (κ2) is 4.19. The van der Waals surface area contributed by atoms with E-state index in [0.717, 1.165) is 17.6 Å². The van der Waals surface area contributed by atoms with E-state index in [2.05, 4.69) is 10.2 Å². The minimum Gasteiger partial charge on any atom is -0.479 e. The number of thioether (sulfide) groups is 1. The Morgan fingerprint density at radius 2 is 2.20 bits per heavy atom. The number of carbonyl (C=O) groups is 1. The molecule has 6 nitrogen and oxygen atoms in total. The number of aliphatic hydroxyl groups is 1. The Labute approximate surface area is 91.3 Å². The lowest BCUT2D eigenvalue weighted by Gasteiger charge is -2.16. The third kappa shape index (κ3) is 2.69. The van der Waals surface area contributed by atoms with E-state index in [4.69, 9.17) is 5.11 Å². The molecule has 1 atom stereocenters. The van der Waals surface area contributed by atoms with E-state index in [1.165, 1.54) is 6.92 Å². The number of aromatic nitrogens is 3. The second-order valence-electron chi connectivity index (χ2n) is 3.46. The van der Waals surface area contributed by atoms with Gasteiger partial charge in [0.25, 0.3) is 0 Å². The van der Waals surface area contributed by atoms with Crippen LogP contribution in [0.15, 0.2) is 5.16 Å². The summed E-state index contributed by atoms with van der Waals surface area (Å²) in [7, 11) is 1.78. The molecule has 1 unspecified atom stereocenters. The predicted octanol–water partition coefficient (Wildman–Crippen LogP) is 0.0512. The molecule has 0 aliphatic rings. The van der Waals surface area contributed by atoms with Crippen LogP contribution in [0.25, 0.3) is 0 Å². The third-order valence-corrected chi connectivity index (χ3v) is 3.32. The van der Waals surface area contributed by atoms with Crippen LogP contribution >= 0.6 is 11.8 Å². The highest BCUT2D eigenvalue weighted by Gasteiger charge is 2.30. The molecule has 0 bridgehead atoms. The first-order valence-electron chi connectivity index (χ1n) is 4.29. The minimum absolute atomic E-state index is 0.0360. The van der Waals surface area contributed by atoms with Crippen molar-refractivity contribution >= 4 is 17.7 Å². The molecule has 0 spiro atoms. The van der Waals surface area contributed by atoms with Gasteiger partial charge in [-0.3, -0.25) is 0 Å². The van der Waals surface area contributed by atoms with Crippen LogP contribution in [0.5, 0.6) is 0 Å². The number of rotatable bonds is 4. The largest absolute Gasteiger partial charge is 0.479 e. The van der Waals surface area contributed by atoms with Crippen molar-refractivity contribution in [3.63, 3.8) is 0 Å². The predicted molar refractivity (Wildman–Crippen MR) is 54.7 cm³/mol. The number of hydrogen-bond acceptors (Lipinski definition) is 5. The van der Waals surface area contributed by atoms with Gasteiger partial charge in [-0.15, -0.1) is 10.2 Å². The zero-order valence-corrected chi connectivity index (χ0v) is 9.58.